The van der Waals surface area contributed by atoms with Gasteiger partial charge in [-0.25, -0.2) is 4.79 Å². The van der Waals surface area contributed by atoms with Crippen LogP contribution in [0.15, 0.2) is 0 Å². The lowest BCUT2D eigenvalue weighted by atomic mass is 10.1. The molecule has 100 valence electrons. The number of carbonyl (C=O) groups excluding carboxylic acids is 1. The molecule has 7 heteroatoms. The fourth-order valence-electron chi connectivity index (χ4n) is 1.55. The van der Waals surface area contributed by atoms with E-state index < -0.39 is 17.9 Å². The van der Waals surface area contributed by atoms with E-state index in [1.54, 1.807) is 0 Å². The molecule has 1 rings (SSSR count). The topological polar surface area (TPSA) is 92.2 Å². The van der Waals surface area contributed by atoms with Crippen molar-refractivity contribution in [3.8, 4) is 0 Å². The summed E-state index contributed by atoms with van der Waals surface area (Å²) in [5.41, 5.74) is 0.639. The van der Waals surface area contributed by atoms with Gasteiger partial charge >= 0.3 is 5.97 Å². The van der Waals surface area contributed by atoms with Gasteiger partial charge in [0.25, 0.3) is 5.91 Å². The molecule has 1 atom stereocenters. The molecular formula is C11H17N3O3S. The lowest BCUT2D eigenvalue weighted by Gasteiger charge is -2.12. The highest BCUT2D eigenvalue weighted by molar-refractivity contribution is 7.08. The Balaban J connectivity index is 2.74. The number of aliphatic carboxylic acids is 1. The fraction of sp³-hybridized carbons (Fsp3) is 0.636. The lowest BCUT2D eigenvalue weighted by Crippen LogP contribution is -2.40. The minimum Gasteiger partial charge on any atom is -0.480 e. The molecule has 0 aliphatic carbocycles. The number of carboxylic acids is 1. The lowest BCUT2D eigenvalue weighted by molar-refractivity contribution is -0.139. The Labute approximate surface area is 110 Å². The van der Waals surface area contributed by atoms with Crippen LogP contribution in [0.5, 0.6) is 0 Å². The van der Waals surface area contributed by atoms with Crippen LogP contribution >= 0.6 is 11.5 Å². The van der Waals surface area contributed by atoms with E-state index in [0.717, 1.165) is 18.0 Å². The third kappa shape index (κ3) is 3.76. The third-order valence-electron chi connectivity index (χ3n) is 2.43. The summed E-state index contributed by atoms with van der Waals surface area (Å²) in [6.45, 7) is 3.86. The van der Waals surface area contributed by atoms with Crippen LogP contribution < -0.4 is 5.32 Å². The Bertz CT molecular complexity index is 419. The van der Waals surface area contributed by atoms with Gasteiger partial charge in [-0.1, -0.05) is 31.2 Å². The van der Waals surface area contributed by atoms with Crippen LogP contribution in [0, 0.1) is 0 Å². The van der Waals surface area contributed by atoms with Crippen molar-refractivity contribution in [2.75, 3.05) is 0 Å². The smallest absolute Gasteiger partial charge is 0.326 e. The van der Waals surface area contributed by atoms with Crippen molar-refractivity contribution in [2.24, 2.45) is 0 Å². The number of carboxylic acid groups (broad SMARTS) is 1. The fourth-order valence-corrected chi connectivity index (χ4v) is 2.16. The number of aromatic nitrogens is 2. The Morgan fingerprint density at radius 3 is 2.67 bits per heavy atom. The first-order valence-corrected chi connectivity index (χ1v) is 6.72. The monoisotopic (exact) mass is 271 g/mol. The van der Waals surface area contributed by atoms with Crippen molar-refractivity contribution in [2.45, 2.75) is 45.6 Å². The first-order chi connectivity index (χ1) is 8.60. The maximum absolute atomic E-state index is 11.9. The van der Waals surface area contributed by atoms with Gasteiger partial charge < -0.3 is 10.4 Å². The van der Waals surface area contributed by atoms with Crippen LogP contribution in [0.4, 0.5) is 0 Å². The zero-order valence-corrected chi connectivity index (χ0v) is 11.3. The van der Waals surface area contributed by atoms with Gasteiger partial charge in [0.15, 0.2) is 0 Å². The summed E-state index contributed by atoms with van der Waals surface area (Å²) in [4.78, 5) is 23.3. The zero-order chi connectivity index (χ0) is 13.5. The highest BCUT2D eigenvalue weighted by Crippen LogP contribution is 2.13. The van der Waals surface area contributed by atoms with Gasteiger partial charge in [0.2, 0.25) is 0 Å². The van der Waals surface area contributed by atoms with E-state index in [2.05, 4.69) is 14.9 Å². The molecule has 0 spiro atoms. The molecule has 0 saturated carbocycles. The second-order valence-electron chi connectivity index (χ2n) is 3.95. The van der Waals surface area contributed by atoms with E-state index in [-0.39, 0.29) is 0 Å². The molecule has 18 heavy (non-hydrogen) atoms. The number of hydrogen-bond acceptors (Lipinski definition) is 5. The number of amides is 1. The molecule has 0 radical (unpaired) electrons. The molecule has 2 N–H and O–H groups in total. The van der Waals surface area contributed by atoms with Crippen LogP contribution in [0.2, 0.25) is 0 Å². The zero-order valence-electron chi connectivity index (χ0n) is 10.5. The maximum Gasteiger partial charge on any atom is 0.326 e. The Morgan fingerprint density at radius 2 is 2.11 bits per heavy atom. The molecule has 1 heterocycles. The van der Waals surface area contributed by atoms with Crippen molar-refractivity contribution in [1.29, 1.82) is 0 Å². The number of nitrogens with zero attached hydrogens (tertiary/aromatic N) is 2. The van der Waals surface area contributed by atoms with Crippen LogP contribution in [0.3, 0.4) is 0 Å². The van der Waals surface area contributed by atoms with Crippen molar-refractivity contribution in [3.63, 3.8) is 0 Å². The SMILES string of the molecule is CCCc1nnsc1C(=O)N[C@H](CCC)C(=O)O. The summed E-state index contributed by atoms with van der Waals surface area (Å²) in [5.74, 6) is -1.41. The van der Waals surface area contributed by atoms with E-state index in [0.29, 0.717) is 29.8 Å². The third-order valence-corrected chi connectivity index (χ3v) is 3.20. The Morgan fingerprint density at radius 1 is 1.39 bits per heavy atom. The van der Waals surface area contributed by atoms with E-state index in [1.165, 1.54) is 0 Å². The van der Waals surface area contributed by atoms with Crippen molar-refractivity contribution in [1.82, 2.24) is 14.9 Å². The first kappa shape index (κ1) is 14.6. The first-order valence-electron chi connectivity index (χ1n) is 5.95. The summed E-state index contributed by atoms with van der Waals surface area (Å²) >= 11 is 1.00. The summed E-state index contributed by atoms with van der Waals surface area (Å²) in [7, 11) is 0. The van der Waals surface area contributed by atoms with Gasteiger partial charge in [0, 0.05) is 0 Å². The average molecular weight is 271 g/mol. The molecule has 0 saturated heterocycles. The highest BCUT2D eigenvalue weighted by atomic mass is 32.1. The number of carbonyl (C=O) groups is 2. The van der Waals surface area contributed by atoms with E-state index >= 15 is 0 Å². The van der Waals surface area contributed by atoms with E-state index in [1.807, 2.05) is 13.8 Å². The number of rotatable bonds is 7. The van der Waals surface area contributed by atoms with Crippen LogP contribution in [-0.2, 0) is 11.2 Å². The molecule has 0 unspecified atom stereocenters. The minimum absolute atomic E-state index is 0.394. The van der Waals surface area contributed by atoms with Crippen molar-refractivity contribution >= 4 is 23.4 Å². The summed E-state index contributed by atoms with van der Waals surface area (Å²) in [6, 6.07) is -0.848. The van der Waals surface area contributed by atoms with Gasteiger partial charge in [-0.2, -0.15) is 0 Å². The van der Waals surface area contributed by atoms with Gasteiger partial charge in [-0.05, 0) is 24.4 Å². The average Bonchev–Trinajstić information content (AvgIpc) is 2.77. The van der Waals surface area contributed by atoms with Crippen LogP contribution in [0.1, 0.15) is 48.5 Å². The summed E-state index contributed by atoms with van der Waals surface area (Å²) in [5, 5.41) is 15.4. The predicted octanol–water partition coefficient (Wildman–Crippen LogP) is 1.47. The Kier molecular flexibility index (Phi) is 5.70. The molecular weight excluding hydrogens is 254 g/mol. The largest absolute Gasteiger partial charge is 0.480 e. The molecule has 1 amide bonds. The van der Waals surface area contributed by atoms with Gasteiger partial charge in [-0.15, -0.1) is 5.10 Å². The molecule has 0 fully saturated rings. The molecule has 0 aliphatic heterocycles. The van der Waals surface area contributed by atoms with Gasteiger partial charge in [-0.3, -0.25) is 4.79 Å². The second-order valence-corrected chi connectivity index (χ2v) is 4.71. The van der Waals surface area contributed by atoms with E-state index in [4.69, 9.17) is 5.11 Å². The van der Waals surface area contributed by atoms with Gasteiger partial charge in [0.05, 0.1) is 5.69 Å². The van der Waals surface area contributed by atoms with Gasteiger partial charge in [0.1, 0.15) is 10.9 Å². The quantitative estimate of drug-likeness (QED) is 0.783. The van der Waals surface area contributed by atoms with Crippen molar-refractivity contribution < 1.29 is 14.7 Å². The molecule has 1 aromatic heterocycles. The van der Waals surface area contributed by atoms with Crippen LogP contribution in [-0.4, -0.2) is 32.6 Å². The molecule has 0 aliphatic rings. The standard InChI is InChI=1S/C11H17N3O3S/c1-3-5-7-9(18-14-13-7)10(15)12-8(6-4-2)11(16)17/h8H,3-6H2,1-2H3,(H,12,15)(H,16,17)/t8-/m1/s1. The van der Waals surface area contributed by atoms with E-state index in [9.17, 15) is 9.59 Å². The highest BCUT2D eigenvalue weighted by Gasteiger charge is 2.22. The predicted molar refractivity (Wildman–Crippen MR) is 67.7 cm³/mol. The molecule has 0 bridgehead atoms. The number of nitrogens with one attached hydrogen (secondary N) is 1. The van der Waals surface area contributed by atoms with Crippen molar-refractivity contribution in [3.05, 3.63) is 10.6 Å². The van der Waals surface area contributed by atoms with Crippen LogP contribution in [0.25, 0.3) is 0 Å². The summed E-state index contributed by atoms with van der Waals surface area (Å²) < 4.78 is 3.74. The Hall–Kier alpha value is -1.50. The molecule has 6 nitrogen and oxygen atoms in total. The maximum atomic E-state index is 11.9. The number of aryl methyl sites for hydroxylation is 1. The second kappa shape index (κ2) is 7.05. The number of hydrogen-bond donors (Lipinski definition) is 2. The minimum atomic E-state index is -1.01. The molecule has 1 aromatic rings. The molecule has 0 aromatic carbocycles. The summed E-state index contributed by atoms with van der Waals surface area (Å²) in [6.07, 6.45) is 2.64. The normalized spacial score (nSPS) is 12.1.